The first-order valence-electron chi connectivity index (χ1n) is 5.54. The molecule has 1 aromatic carbocycles. The topological polar surface area (TPSA) is 88.1 Å². The van der Waals surface area contributed by atoms with Crippen LogP contribution in [-0.4, -0.2) is 49.8 Å². The van der Waals surface area contributed by atoms with Gasteiger partial charge in [0.2, 0.25) is 0 Å². The van der Waals surface area contributed by atoms with E-state index in [4.69, 9.17) is 26.2 Å². The van der Waals surface area contributed by atoms with Gasteiger partial charge in [0.05, 0.1) is 24.9 Å². The lowest BCUT2D eigenvalue weighted by molar-refractivity contribution is -0.137. The summed E-state index contributed by atoms with van der Waals surface area (Å²) < 4.78 is 10.2. The maximum absolute atomic E-state index is 11.8. The van der Waals surface area contributed by atoms with Crippen molar-refractivity contribution in [2.45, 2.75) is 0 Å². The second-order valence-electron chi connectivity index (χ2n) is 3.87. The van der Waals surface area contributed by atoms with Crippen LogP contribution < -0.4 is 14.8 Å². The molecule has 0 aliphatic carbocycles. The number of likely N-dealkylation sites (N-methyl/N-ethyl adjacent to an activating group) is 1. The van der Waals surface area contributed by atoms with Crippen LogP contribution in [0.2, 0.25) is 5.02 Å². The number of ether oxygens (including phenoxy) is 2. The number of nitrogens with zero attached hydrogens (tertiary/aromatic N) is 1. The highest BCUT2D eigenvalue weighted by Gasteiger charge is 2.16. The lowest BCUT2D eigenvalue weighted by Crippen LogP contribution is -2.35. The van der Waals surface area contributed by atoms with Gasteiger partial charge in [-0.2, -0.15) is 0 Å². The minimum absolute atomic E-state index is 0.296. The van der Waals surface area contributed by atoms with Gasteiger partial charge in [0, 0.05) is 13.1 Å². The second-order valence-corrected chi connectivity index (χ2v) is 4.27. The van der Waals surface area contributed by atoms with Crippen molar-refractivity contribution in [3.05, 3.63) is 17.2 Å². The Kier molecular flexibility index (Phi) is 5.45. The van der Waals surface area contributed by atoms with Crippen LogP contribution in [0.5, 0.6) is 11.5 Å². The highest BCUT2D eigenvalue weighted by molar-refractivity contribution is 6.32. The van der Waals surface area contributed by atoms with E-state index in [2.05, 4.69) is 5.32 Å². The number of anilines is 1. The number of halogens is 1. The number of aliphatic carboxylic acids is 1. The summed E-state index contributed by atoms with van der Waals surface area (Å²) in [5, 5.41) is 11.4. The van der Waals surface area contributed by atoms with Crippen LogP contribution in [0.25, 0.3) is 0 Å². The Morgan fingerprint density at radius 2 is 1.90 bits per heavy atom. The second kappa shape index (κ2) is 6.85. The Morgan fingerprint density at radius 1 is 1.30 bits per heavy atom. The van der Waals surface area contributed by atoms with Crippen LogP contribution in [0.4, 0.5) is 10.5 Å². The van der Waals surface area contributed by atoms with E-state index in [0.29, 0.717) is 22.2 Å². The summed E-state index contributed by atoms with van der Waals surface area (Å²) in [4.78, 5) is 23.4. The molecule has 0 aromatic heterocycles. The number of urea groups is 1. The molecule has 0 radical (unpaired) electrons. The van der Waals surface area contributed by atoms with E-state index < -0.39 is 18.5 Å². The maximum Gasteiger partial charge on any atom is 0.323 e. The number of amides is 2. The van der Waals surface area contributed by atoms with Crippen molar-refractivity contribution in [2.75, 3.05) is 33.1 Å². The monoisotopic (exact) mass is 302 g/mol. The third kappa shape index (κ3) is 3.92. The van der Waals surface area contributed by atoms with Crippen molar-refractivity contribution in [1.29, 1.82) is 0 Å². The van der Waals surface area contributed by atoms with Gasteiger partial charge in [-0.25, -0.2) is 4.79 Å². The van der Waals surface area contributed by atoms with Crippen molar-refractivity contribution >= 4 is 29.3 Å². The van der Waals surface area contributed by atoms with Gasteiger partial charge in [0.25, 0.3) is 0 Å². The number of hydrogen-bond donors (Lipinski definition) is 2. The fourth-order valence-electron chi connectivity index (χ4n) is 1.44. The number of rotatable bonds is 5. The third-order valence-corrected chi connectivity index (χ3v) is 2.73. The van der Waals surface area contributed by atoms with Gasteiger partial charge in [0.15, 0.2) is 0 Å². The summed E-state index contributed by atoms with van der Waals surface area (Å²) in [7, 11) is 4.25. The van der Waals surface area contributed by atoms with Crippen LogP contribution in [0.3, 0.4) is 0 Å². The van der Waals surface area contributed by atoms with Gasteiger partial charge in [-0.05, 0) is 6.07 Å². The minimum Gasteiger partial charge on any atom is -0.495 e. The molecule has 0 unspecified atom stereocenters. The molecule has 1 rings (SSSR count). The molecule has 0 spiro atoms. The summed E-state index contributed by atoms with van der Waals surface area (Å²) >= 11 is 5.97. The maximum atomic E-state index is 11.8. The van der Waals surface area contributed by atoms with E-state index in [0.717, 1.165) is 4.90 Å². The lowest BCUT2D eigenvalue weighted by Gasteiger charge is -2.18. The number of hydrogen-bond acceptors (Lipinski definition) is 4. The average molecular weight is 303 g/mol. The fourth-order valence-corrected chi connectivity index (χ4v) is 1.68. The number of carbonyl (C=O) groups is 2. The summed E-state index contributed by atoms with van der Waals surface area (Å²) in [5.41, 5.74) is 0.320. The van der Waals surface area contributed by atoms with Gasteiger partial charge in [-0.15, -0.1) is 0 Å². The Morgan fingerprint density at radius 3 is 2.40 bits per heavy atom. The van der Waals surface area contributed by atoms with Gasteiger partial charge >= 0.3 is 12.0 Å². The molecule has 0 fully saturated rings. The molecule has 8 heteroatoms. The first kappa shape index (κ1) is 15.9. The zero-order chi connectivity index (χ0) is 15.3. The van der Waals surface area contributed by atoms with Crippen LogP contribution in [0, 0.1) is 0 Å². The number of carbonyl (C=O) groups excluding carboxylic acids is 1. The Labute approximate surface area is 121 Å². The molecule has 0 bridgehead atoms. The largest absolute Gasteiger partial charge is 0.495 e. The number of carboxylic acid groups (broad SMARTS) is 1. The van der Waals surface area contributed by atoms with Crippen molar-refractivity contribution in [2.24, 2.45) is 0 Å². The summed E-state index contributed by atoms with van der Waals surface area (Å²) in [6.45, 7) is -0.419. The van der Waals surface area contributed by atoms with Gasteiger partial charge in [-0.3, -0.25) is 4.79 Å². The normalized spacial score (nSPS) is 9.80. The standard InChI is InChI=1S/C12H15ClN2O5/c1-15(6-11(16)17)12(18)14-8-4-7(13)9(19-2)5-10(8)20-3/h4-5H,6H2,1-3H3,(H,14,18)(H,16,17). The molecule has 0 atom stereocenters. The predicted molar refractivity (Wildman–Crippen MR) is 73.8 cm³/mol. The van der Waals surface area contributed by atoms with Crippen molar-refractivity contribution < 1.29 is 24.2 Å². The molecule has 0 heterocycles. The number of methoxy groups -OCH3 is 2. The Balaban J connectivity index is 2.94. The van der Waals surface area contributed by atoms with E-state index >= 15 is 0 Å². The van der Waals surface area contributed by atoms with E-state index in [-0.39, 0.29) is 0 Å². The average Bonchev–Trinajstić information content (AvgIpc) is 2.38. The Bertz CT molecular complexity index is 521. The molecule has 1 aromatic rings. The molecule has 2 N–H and O–H groups in total. The molecule has 7 nitrogen and oxygen atoms in total. The van der Waals surface area contributed by atoms with E-state index in [9.17, 15) is 9.59 Å². The van der Waals surface area contributed by atoms with E-state index in [1.807, 2.05) is 0 Å². The smallest absolute Gasteiger partial charge is 0.323 e. The fraction of sp³-hybridized carbons (Fsp3) is 0.333. The number of carboxylic acids is 1. The highest BCUT2D eigenvalue weighted by Crippen LogP contribution is 2.35. The summed E-state index contributed by atoms with van der Waals surface area (Å²) in [5.74, 6) is -0.355. The summed E-state index contributed by atoms with van der Waals surface area (Å²) in [6.07, 6.45) is 0. The van der Waals surface area contributed by atoms with Crippen molar-refractivity contribution in [1.82, 2.24) is 4.90 Å². The molecule has 0 aliphatic heterocycles. The zero-order valence-corrected chi connectivity index (χ0v) is 12.0. The molecule has 0 aliphatic rings. The minimum atomic E-state index is -1.11. The molecule has 110 valence electrons. The molecular weight excluding hydrogens is 288 g/mol. The van der Waals surface area contributed by atoms with Crippen LogP contribution in [-0.2, 0) is 4.79 Å². The quantitative estimate of drug-likeness (QED) is 0.867. The molecule has 20 heavy (non-hydrogen) atoms. The van der Waals surface area contributed by atoms with Crippen LogP contribution >= 0.6 is 11.6 Å². The van der Waals surface area contributed by atoms with E-state index in [1.165, 1.54) is 33.4 Å². The molecule has 0 saturated heterocycles. The zero-order valence-electron chi connectivity index (χ0n) is 11.3. The van der Waals surface area contributed by atoms with Gasteiger partial charge < -0.3 is 24.8 Å². The number of benzene rings is 1. The lowest BCUT2D eigenvalue weighted by atomic mass is 10.2. The van der Waals surface area contributed by atoms with Crippen LogP contribution in [0.15, 0.2) is 12.1 Å². The van der Waals surface area contributed by atoms with Gasteiger partial charge in [-0.1, -0.05) is 11.6 Å². The highest BCUT2D eigenvalue weighted by atomic mass is 35.5. The van der Waals surface area contributed by atoms with Crippen molar-refractivity contribution in [3.8, 4) is 11.5 Å². The first-order chi connectivity index (χ1) is 9.38. The van der Waals surface area contributed by atoms with E-state index in [1.54, 1.807) is 0 Å². The SMILES string of the molecule is COc1cc(OC)c(NC(=O)N(C)CC(=O)O)cc1Cl. The van der Waals surface area contributed by atoms with Gasteiger partial charge in [0.1, 0.15) is 18.0 Å². The molecular formula is C12H15ClN2O5. The third-order valence-electron chi connectivity index (χ3n) is 2.43. The molecule has 0 saturated carbocycles. The first-order valence-corrected chi connectivity index (χ1v) is 5.92. The predicted octanol–water partition coefficient (Wildman–Crippen LogP) is 1.91. The van der Waals surface area contributed by atoms with Crippen LogP contribution in [0.1, 0.15) is 0 Å². The van der Waals surface area contributed by atoms with Crippen molar-refractivity contribution in [3.63, 3.8) is 0 Å². The number of nitrogens with one attached hydrogen (secondary N) is 1. The summed E-state index contributed by atoms with van der Waals surface area (Å²) in [6, 6.07) is 2.40. The molecule has 2 amide bonds. The Hall–Kier alpha value is -2.15.